The average Bonchev–Trinajstić information content (AvgIpc) is 3.07. The zero-order valence-corrected chi connectivity index (χ0v) is 15.6. The smallest absolute Gasteiger partial charge is 0.322 e. The van der Waals surface area contributed by atoms with Gasteiger partial charge < -0.3 is 15.0 Å². The number of nitrogens with zero attached hydrogens (tertiary/aromatic N) is 2. The van der Waals surface area contributed by atoms with E-state index in [1.54, 1.807) is 6.07 Å². The first-order valence-corrected chi connectivity index (χ1v) is 9.00. The van der Waals surface area contributed by atoms with E-state index in [9.17, 15) is 9.18 Å². The van der Waals surface area contributed by atoms with Crippen LogP contribution in [0.25, 0.3) is 0 Å². The number of benzene rings is 1. The number of halogens is 2. The van der Waals surface area contributed by atoms with E-state index in [2.05, 4.69) is 10.2 Å². The molecule has 0 spiro atoms. The molecule has 2 fully saturated rings. The predicted molar refractivity (Wildman–Crippen MR) is 96.3 cm³/mol. The Labute approximate surface area is 153 Å². The third-order valence-electron chi connectivity index (χ3n) is 4.74. The van der Waals surface area contributed by atoms with Crippen LogP contribution >= 0.6 is 11.6 Å². The summed E-state index contributed by atoms with van der Waals surface area (Å²) in [6.07, 6.45) is 0.965. The van der Waals surface area contributed by atoms with Crippen LogP contribution in [0.1, 0.15) is 27.2 Å². The van der Waals surface area contributed by atoms with E-state index >= 15 is 0 Å². The van der Waals surface area contributed by atoms with Crippen LogP contribution in [-0.2, 0) is 4.74 Å². The van der Waals surface area contributed by atoms with E-state index in [1.165, 1.54) is 12.1 Å². The summed E-state index contributed by atoms with van der Waals surface area (Å²) in [4.78, 5) is 16.6. The molecule has 0 unspecified atom stereocenters. The van der Waals surface area contributed by atoms with Gasteiger partial charge in [0.15, 0.2) is 0 Å². The standard InChI is InChI=1S/C18H25ClFN3O2/c1-18(2,3)25-11-22-9-12-6-7-23(16(12)10-22)17(24)21-15-5-4-13(19)8-14(15)20/h4-5,8,12,16H,6-7,9-11H2,1-3H3,(H,21,24)/t12-,16+/m1/s1. The summed E-state index contributed by atoms with van der Waals surface area (Å²) in [6.45, 7) is 9.08. The zero-order valence-electron chi connectivity index (χ0n) is 14.9. The van der Waals surface area contributed by atoms with Crippen molar-refractivity contribution in [2.75, 3.05) is 31.7 Å². The van der Waals surface area contributed by atoms with Gasteiger partial charge in [-0.1, -0.05) is 11.6 Å². The van der Waals surface area contributed by atoms with Gasteiger partial charge >= 0.3 is 6.03 Å². The predicted octanol–water partition coefficient (Wildman–Crippen LogP) is 3.79. The van der Waals surface area contributed by atoms with Gasteiger partial charge in [0.1, 0.15) is 5.82 Å². The molecule has 25 heavy (non-hydrogen) atoms. The van der Waals surface area contributed by atoms with Gasteiger partial charge in [0.25, 0.3) is 0 Å². The summed E-state index contributed by atoms with van der Waals surface area (Å²) < 4.78 is 19.7. The molecule has 0 bridgehead atoms. The molecule has 0 aromatic heterocycles. The summed E-state index contributed by atoms with van der Waals surface area (Å²) >= 11 is 5.75. The zero-order chi connectivity index (χ0) is 18.2. The maximum Gasteiger partial charge on any atom is 0.322 e. The van der Waals surface area contributed by atoms with Gasteiger partial charge in [-0.15, -0.1) is 0 Å². The number of ether oxygens (including phenoxy) is 1. The van der Waals surface area contributed by atoms with Crippen LogP contribution in [0.4, 0.5) is 14.9 Å². The Morgan fingerprint density at radius 2 is 2.16 bits per heavy atom. The van der Waals surface area contributed by atoms with Crippen LogP contribution in [0.15, 0.2) is 18.2 Å². The minimum atomic E-state index is -0.525. The first-order chi connectivity index (χ1) is 11.7. The highest BCUT2D eigenvalue weighted by atomic mass is 35.5. The van der Waals surface area contributed by atoms with E-state index in [0.717, 1.165) is 19.5 Å². The molecule has 5 nitrogen and oxygen atoms in total. The Kier molecular flexibility index (Phi) is 5.23. The number of anilines is 1. The third kappa shape index (κ3) is 4.43. The van der Waals surface area contributed by atoms with E-state index in [0.29, 0.717) is 24.2 Å². The SMILES string of the molecule is CC(C)(C)OCN1C[C@H]2CCN(C(=O)Nc3ccc(Cl)cc3F)[C@H]2C1. The number of rotatable bonds is 3. The molecular formula is C18H25ClFN3O2. The van der Waals surface area contributed by atoms with Crippen molar-refractivity contribution in [3.05, 3.63) is 29.0 Å². The van der Waals surface area contributed by atoms with Gasteiger partial charge in [0.05, 0.1) is 24.1 Å². The molecule has 2 saturated heterocycles. The number of amides is 2. The summed E-state index contributed by atoms with van der Waals surface area (Å²) in [6, 6.07) is 4.15. The molecule has 7 heteroatoms. The highest BCUT2D eigenvalue weighted by Crippen LogP contribution is 2.32. The maximum absolute atomic E-state index is 13.9. The number of nitrogens with one attached hydrogen (secondary N) is 1. The molecule has 2 heterocycles. The normalized spacial score (nSPS) is 23.8. The summed E-state index contributed by atoms with van der Waals surface area (Å²) in [5, 5.41) is 2.97. The number of fused-ring (bicyclic) bond motifs is 1. The van der Waals surface area contributed by atoms with Crippen LogP contribution in [0.5, 0.6) is 0 Å². The lowest BCUT2D eigenvalue weighted by atomic mass is 10.1. The largest absolute Gasteiger partial charge is 0.360 e. The number of hydrogen-bond acceptors (Lipinski definition) is 3. The summed E-state index contributed by atoms with van der Waals surface area (Å²) in [5.41, 5.74) is -0.0234. The topological polar surface area (TPSA) is 44.8 Å². The van der Waals surface area contributed by atoms with Gasteiger partial charge in [0.2, 0.25) is 0 Å². The first-order valence-electron chi connectivity index (χ1n) is 8.62. The Hall–Kier alpha value is -1.37. The minimum absolute atomic E-state index is 0.152. The molecule has 1 N–H and O–H groups in total. The van der Waals surface area contributed by atoms with Gasteiger partial charge in [-0.3, -0.25) is 4.90 Å². The molecule has 1 aromatic carbocycles. The monoisotopic (exact) mass is 369 g/mol. The second-order valence-electron chi connectivity index (χ2n) is 7.79. The van der Waals surface area contributed by atoms with E-state index in [1.807, 2.05) is 25.7 Å². The minimum Gasteiger partial charge on any atom is -0.360 e. The molecule has 2 amide bonds. The fraction of sp³-hybridized carbons (Fsp3) is 0.611. The molecule has 3 rings (SSSR count). The number of carbonyl (C=O) groups excluding carboxylic acids is 1. The van der Waals surface area contributed by atoms with Crippen LogP contribution < -0.4 is 5.32 Å². The molecular weight excluding hydrogens is 345 g/mol. The van der Waals surface area contributed by atoms with Crippen LogP contribution in [0.3, 0.4) is 0 Å². The van der Waals surface area contributed by atoms with Gasteiger partial charge in [-0.05, 0) is 51.3 Å². The lowest BCUT2D eigenvalue weighted by Gasteiger charge is -2.27. The van der Waals surface area contributed by atoms with Crippen molar-refractivity contribution in [1.29, 1.82) is 0 Å². The first kappa shape index (κ1) is 18.4. The molecule has 0 saturated carbocycles. The second kappa shape index (κ2) is 7.09. The van der Waals surface area contributed by atoms with Gasteiger partial charge in [0, 0.05) is 24.7 Å². The van der Waals surface area contributed by atoms with Crippen LogP contribution in [0, 0.1) is 11.7 Å². The summed E-state index contributed by atoms with van der Waals surface area (Å²) in [5.74, 6) is -0.0763. The highest BCUT2D eigenvalue weighted by molar-refractivity contribution is 6.30. The number of likely N-dealkylation sites (tertiary alicyclic amines) is 2. The van der Waals surface area contributed by atoms with Crippen LogP contribution in [-0.4, -0.2) is 53.8 Å². The van der Waals surface area contributed by atoms with Crippen molar-refractivity contribution < 1.29 is 13.9 Å². The van der Waals surface area contributed by atoms with Gasteiger partial charge in [-0.2, -0.15) is 0 Å². The third-order valence-corrected chi connectivity index (χ3v) is 4.97. The quantitative estimate of drug-likeness (QED) is 0.881. The molecule has 2 aliphatic heterocycles. The van der Waals surface area contributed by atoms with E-state index in [4.69, 9.17) is 16.3 Å². The lowest BCUT2D eigenvalue weighted by Crippen LogP contribution is -2.42. The van der Waals surface area contributed by atoms with Crippen LogP contribution in [0.2, 0.25) is 5.02 Å². The number of urea groups is 1. The summed E-state index contributed by atoms with van der Waals surface area (Å²) in [7, 11) is 0. The Morgan fingerprint density at radius 1 is 1.40 bits per heavy atom. The molecule has 2 atom stereocenters. The van der Waals surface area contributed by atoms with E-state index < -0.39 is 5.82 Å². The lowest BCUT2D eigenvalue weighted by molar-refractivity contribution is -0.0590. The Morgan fingerprint density at radius 3 is 2.84 bits per heavy atom. The van der Waals surface area contributed by atoms with Crippen molar-refractivity contribution in [2.45, 2.75) is 38.8 Å². The molecule has 138 valence electrons. The molecule has 2 aliphatic rings. The maximum atomic E-state index is 13.9. The van der Waals surface area contributed by atoms with Crippen molar-refractivity contribution in [2.24, 2.45) is 5.92 Å². The Balaban J connectivity index is 1.59. The Bertz CT molecular complexity index is 650. The van der Waals surface area contributed by atoms with Crippen molar-refractivity contribution in [3.63, 3.8) is 0 Å². The fourth-order valence-corrected chi connectivity index (χ4v) is 3.63. The number of carbonyl (C=O) groups is 1. The number of hydrogen-bond donors (Lipinski definition) is 1. The van der Waals surface area contributed by atoms with Crippen molar-refractivity contribution >= 4 is 23.3 Å². The average molecular weight is 370 g/mol. The molecule has 1 aromatic rings. The van der Waals surface area contributed by atoms with Crippen molar-refractivity contribution in [1.82, 2.24) is 9.80 Å². The molecule has 0 radical (unpaired) electrons. The van der Waals surface area contributed by atoms with Crippen molar-refractivity contribution in [3.8, 4) is 0 Å². The van der Waals surface area contributed by atoms with E-state index in [-0.39, 0.29) is 23.4 Å². The highest BCUT2D eigenvalue weighted by Gasteiger charge is 2.43. The molecule has 0 aliphatic carbocycles. The fourth-order valence-electron chi connectivity index (χ4n) is 3.47. The second-order valence-corrected chi connectivity index (χ2v) is 8.22. The van der Waals surface area contributed by atoms with Gasteiger partial charge in [-0.25, -0.2) is 9.18 Å².